The Bertz CT molecular complexity index is 3230. The Morgan fingerprint density at radius 1 is 0.351 bits per heavy atom. The van der Waals surface area contributed by atoms with Gasteiger partial charge >= 0.3 is 0 Å². The van der Waals surface area contributed by atoms with Gasteiger partial charge in [0.2, 0.25) is 0 Å². The van der Waals surface area contributed by atoms with E-state index in [1.165, 1.54) is 59.1 Å². The van der Waals surface area contributed by atoms with Crippen LogP contribution in [0.1, 0.15) is 0 Å². The average Bonchev–Trinajstić information content (AvgIpc) is 3.87. The van der Waals surface area contributed by atoms with Crippen molar-refractivity contribution in [1.29, 1.82) is 0 Å². The summed E-state index contributed by atoms with van der Waals surface area (Å²) in [4.78, 5) is 2.36. The molecule has 2 aromatic heterocycles. The summed E-state index contributed by atoms with van der Waals surface area (Å²) in [7, 11) is 0. The lowest BCUT2D eigenvalue weighted by Gasteiger charge is -2.27. The van der Waals surface area contributed by atoms with Crippen molar-refractivity contribution in [1.82, 2.24) is 0 Å². The molecule has 0 saturated carbocycles. The lowest BCUT2D eigenvalue weighted by atomic mass is 9.92. The Kier molecular flexibility index (Phi) is 8.04. The summed E-state index contributed by atoms with van der Waals surface area (Å²) in [5, 5.41) is 4.79. The topological polar surface area (TPSA) is 16.4 Å². The lowest BCUT2D eigenvalue weighted by Crippen LogP contribution is -2.10. The Labute approximate surface area is 335 Å². The van der Waals surface area contributed by atoms with Gasteiger partial charge in [-0.15, -0.1) is 11.3 Å². The first kappa shape index (κ1) is 33.2. The van der Waals surface area contributed by atoms with Crippen LogP contribution in [0.2, 0.25) is 0 Å². The van der Waals surface area contributed by atoms with Gasteiger partial charge in [-0.1, -0.05) is 170 Å². The molecule has 11 rings (SSSR count). The third-order valence-electron chi connectivity index (χ3n) is 11.1. The van der Waals surface area contributed by atoms with Crippen LogP contribution >= 0.6 is 11.3 Å². The number of benzene rings is 9. The van der Waals surface area contributed by atoms with Crippen LogP contribution in [0.15, 0.2) is 217 Å². The quantitative estimate of drug-likeness (QED) is 0.162. The molecule has 57 heavy (non-hydrogen) atoms. The summed E-state index contributed by atoms with van der Waals surface area (Å²) in [5.74, 6) is 0. The minimum atomic E-state index is 0.859. The van der Waals surface area contributed by atoms with Crippen LogP contribution in [0.4, 0.5) is 17.1 Å². The number of fused-ring (bicyclic) bond motifs is 6. The second-order valence-corrected chi connectivity index (χ2v) is 15.5. The Morgan fingerprint density at radius 2 is 0.895 bits per heavy atom. The predicted octanol–water partition coefficient (Wildman–Crippen LogP) is 16.1. The van der Waals surface area contributed by atoms with Gasteiger partial charge in [0.15, 0.2) is 5.58 Å². The molecule has 0 aliphatic carbocycles. The van der Waals surface area contributed by atoms with Crippen LogP contribution in [-0.4, -0.2) is 0 Å². The number of anilines is 3. The van der Waals surface area contributed by atoms with Gasteiger partial charge in [-0.25, -0.2) is 0 Å². The highest BCUT2D eigenvalue weighted by atomic mass is 32.1. The zero-order chi connectivity index (χ0) is 37.7. The highest BCUT2D eigenvalue weighted by molar-refractivity contribution is 7.26. The third kappa shape index (κ3) is 5.71. The number of thiophene rings is 1. The highest BCUT2D eigenvalue weighted by Crippen LogP contribution is 2.47. The zero-order valence-corrected chi connectivity index (χ0v) is 31.8. The molecule has 0 radical (unpaired) electrons. The van der Waals surface area contributed by atoms with Gasteiger partial charge in [-0.3, -0.25) is 0 Å². The second kappa shape index (κ2) is 13.8. The normalized spacial score (nSPS) is 11.5. The van der Waals surface area contributed by atoms with Gasteiger partial charge in [0.25, 0.3) is 0 Å². The number of para-hydroxylation sites is 2. The fourth-order valence-corrected chi connectivity index (χ4v) is 9.68. The number of rotatable bonds is 7. The Hall–Kier alpha value is -7.20. The molecule has 0 fully saturated rings. The van der Waals surface area contributed by atoms with Crippen LogP contribution < -0.4 is 4.90 Å². The molecule has 2 heterocycles. The van der Waals surface area contributed by atoms with E-state index >= 15 is 0 Å². The van der Waals surface area contributed by atoms with E-state index in [0.717, 1.165) is 44.6 Å². The van der Waals surface area contributed by atoms with Crippen molar-refractivity contribution in [2.75, 3.05) is 4.90 Å². The minimum Gasteiger partial charge on any atom is -0.454 e. The van der Waals surface area contributed by atoms with Crippen molar-refractivity contribution in [2.24, 2.45) is 0 Å². The van der Waals surface area contributed by atoms with Crippen molar-refractivity contribution in [3.8, 4) is 44.5 Å². The fourth-order valence-electron chi connectivity index (χ4n) is 8.45. The number of hydrogen-bond donors (Lipinski definition) is 0. The van der Waals surface area contributed by atoms with Crippen LogP contribution in [0, 0.1) is 0 Å². The largest absolute Gasteiger partial charge is 0.454 e. The molecule has 0 amide bonds. The first-order valence-electron chi connectivity index (χ1n) is 19.3. The van der Waals surface area contributed by atoms with Crippen LogP contribution in [0.25, 0.3) is 86.6 Å². The molecule has 0 unspecified atom stereocenters. The van der Waals surface area contributed by atoms with Gasteiger partial charge in [-0.05, 0) is 81.4 Å². The van der Waals surface area contributed by atoms with Crippen molar-refractivity contribution >= 4 is 70.5 Å². The van der Waals surface area contributed by atoms with Gasteiger partial charge in [-0.2, -0.15) is 0 Å². The molecule has 0 atom stereocenters. The molecular weight excluding hydrogens is 711 g/mol. The van der Waals surface area contributed by atoms with E-state index in [2.05, 4.69) is 211 Å². The molecule has 268 valence electrons. The molecule has 9 aromatic carbocycles. The molecular formula is C54H35NOS. The molecule has 0 spiro atoms. The molecule has 0 saturated heterocycles. The van der Waals surface area contributed by atoms with Crippen LogP contribution in [0.3, 0.4) is 0 Å². The van der Waals surface area contributed by atoms with E-state index < -0.39 is 0 Å². The molecule has 0 bridgehead atoms. The van der Waals surface area contributed by atoms with Crippen LogP contribution in [-0.2, 0) is 0 Å². The van der Waals surface area contributed by atoms with Crippen LogP contribution in [0.5, 0.6) is 0 Å². The standard InChI is InChI=1S/C54H35NOS/c1-3-15-36(16-4-1)41-19-7-8-20-42(41)38-29-31-39(32-30-38)55(50-26-14-23-46-44-21-9-11-27-51(44)56-53(46)50)40-33-34-43(37-17-5-2-6-18-37)49(35-40)48-25-13-24-47-45-22-10-12-28-52(45)57-54(47)48/h1-35H. The number of nitrogens with zero attached hydrogens (tertiary/aromatic N) is 1. The van der Waals surface area contributed by atoms with Gasteiger partial charge in [0.1, 0.15) is 5.58 Å². The molecule has 11 aromatic rings. The minimum absolute atomic E-state index is 0.859. The maximum absolute atomic E-state index is 6.72. The summed E-state index contributed by atoms with van der Waals surface area (Å²) in [6.45, 7) is 0. The first-order valence-corrected chi connectivity index (χ1v) is 20.2. The van der Waals surface area contributed by atoms with Crippen molar-refractivity contribution in [3.63, 3.8) is 0 Å². The summed E-state index contributed by atoms with van der Waals surface area (Å²) in [5.41, 5.74) is 14.4. The summed E-state index contributed by atoms with van der Waals surface area (Å²) < 4.78 is 9.31. The average molecular weight is 746 g/mol. The Balaban J connectivity index is 1.14. The maximum Gasteiger partial charge on any atom is 0.159 e. The van der Waals surface area contributed by atoms with Gasteiger partial charge in [0, 0.05) is 47.9 Å². The van der Waals surface area contributed by atoms with Gasteiger partial charge < -0.3 is 9.32 Å². The zero-order valence-electron chi connectivity index (χ0n) is 31.0. The second-order valence-electron chi connectivity index (χ2n) is 14.4. The molecule has 0 aliphatic heterocycles. The predicted molar refractivity (Wildman–Crippen MR) is 243 cm³/mol. The van der Waals surface area contributed by atoms with E-state index in [1.807, 2.05) is 17.4 Å². The highest BCUT2D eigenvalue weighted by Gasteiger charge is 2.22. The van der Waals surface area contributed by atoms with E-state index in [1.54, 1.807) is 0 Å². The smallest absolute Gasteiger partial charge is 0.159 e. The number of hydrogen-bond acceptors (Lipinski definition) is 3. The third-order valence-corrected chi connectivity index (χ3v) is 12.3. The lowest BCUT2D eigenvalue weighted by molar-refractivity contribution is 0.669. The molecule has 3 heteroatoms. The van der Waals surface area contributed by atoms with Gasteiger partial charge in [0.05, 0.1) is 5.69 Å². The summed E-state index contributed by atoms with van der Waals surface area (Å²) in [6.07, 6.45) is 0. The Morgan fingerprint density at radius 3 is 1.65 bits per heavy atom. The summed E-state index contributed by atoms with van der Waals surface area (Å²) in [6, 6.07) is 76.3. The van der Waals surface area contributed by atoms with Crippen molar-refractivity contribution < 1.29 is 4.42 Å². The van der Waals surface area contributed by atoms with E-state index in [0.29, 0.717) is 0 Å². The monoisotopic (exact) mass is 745 g/mol. The SMILES string of the molecule is c1ccc(-c2ccccc2-c2ccc(N(c3ccc(-c4ccccc4)c(-c4cccc5c4sc4ccccc45)c3)c3cccc4c3oc3ccccc34)cc2)cc1. The van der Waals surface area contributed by atoms with E-state index in [4.69, 9.17) is 4.42 Å². The molecule has 2 nitrogen and oxygen atoms in total. The maximum atomic E-state index is 6.72. The van der Waals surface area contributed by atoms with Crippen molar-refractivity contribution in [2.45, 2.75) is 0 Å². The number of furan rings is 1. The van der Waals surface area contributed by atoms with E-state index in [-0.39, 0.29) is 0 Å². The molecule has 0 N–H and O–H groups in total. The van der Waals surface area contributed by atoms with E-state index in [9.17, 15) is 0 Å². The first-order chi connectivity index (χ1) is 28.3. The van der Waals surface area contributed by atoms with Crippen molar-refractivity contribution in [3.05, 3.63) is 212 Å². The fraction of sp³-hybridized carbons (Fsp3) is 0. The summed E-state index contributed by atoms with van der Waals surface area (Å²) >= 11 is 1.87. The molecule has 0 aliphatic rings.